The van der Waals surface area contributed by atoms with E-state index >= 15 is 0 Å². The number of aromatic nitrogens is 3. The van der Waals surface area contributed by atoms with Crippen molar-refractivity contribution in [2.75, 3.05) is 57.4 Å². The molecule has 0 bridgehead atoms. The Labute approximate surface area is 317 Å². The molecule has 54 heavy (non-hydrogen) atoms. The zero-order chi connectivity index (χ0) is 38.4. The van der Waals surface area contributed by atoms with Gasteiger partial charge in [-0.2, -0.15) is 0 Å². The smallest absolute Gasteiger partial charge is 0.410 e. The number of fused-ring (bicyclic) bond motifs is 1. The summed E-state index contributed by atoms with van der Waals surface area (Å²) in [5, 5.41) is 0. The molecule has 3 aliphatic heterocycles. The highest BCUT2D eigenvalue weighted by molar-refractivity contribution is 5.97. The van der Waals surface area contributed by atoms with E-state index in [0.29, 0.717) is 51.0 Å². The molecule has 292 valence electrons. The number of hydrogen-bond acceptors (Lipinski definition) is 11. The lowest BCUT2D eigenvalue weighted by atomic mass is 10.0. The molecule has 3 aromatic rings. The van der Waals surface area contributed by atoms with Gasteiger partial charge in [0.05, 0.1) is 31.0 Å². The summed E-state index contributed by atoms with van der Waals surface area (Å²) in [5.74, 6) is 1.29. The van der Waals surface area contributed by atoms with Crippen molar-refractivity contribution >= 4 is 17.8 Å². The average molecular weight is 748 g/mol. The first kappa shape index (κ1) is 39.1. The van der Waals surface area contributed by atoms with E-state index < -0.39 is 11.4 Å². The normalized spacial score (nSPS) is 18.3. The first-order chi connectivity index (χ1) is 25.9. The number of carbonyl (C=O) groups is 2. The SMILES string of the molecule is CCN(C(=O)c1cc(F)ccc1Oc1cncnc1N1CCC(Oc2ccnc3c2CN(CC[C@H]2COCCN2C(=O)OC(C)(C)C)CC3)CC1)C(C)C. The molecule has 0 saturated carbocycles. The van der Waals surface area contributed by atoms with E-state index in [-0.39, 0.29) is 41.5 Å². The first-order valence-electron chi connectivity index (χ1n) is 19.2. The molecule has 1 atom stereocenters. The van der Waals surface area contributed by atoms with Crippen LogP contribution in [-0.2, 0) is 22.4 Å². The average Bonchev–Trinajstić information content (AvgIpc) is 3.15. The van der Waals surface area contributed by atoms with Crippen LogP contribution in [0.1, 0.15) is 82.4 Å². The molecule has 0 unspecified atom stereocenters. The molecule has 0 radical (unpaired) electrons. The van der Waals surface area contributed by atoms with Crippen molar-refractivity contribution in [1.82, 2.24) is 29.7 Å². The van der Waals surface area contributed by atoms with E-state index in [4.69, 9.17) is 23.9 Å². The largest absolute Gasteiger partial charge is 0.490 e. The van der Waals surface area contributed by atoms with Gasteiger partial charge < -0.3 is 33.6 Å². The van der Waals surface area contributed by atoms with E-state index in [1.165, 1.54) is 24.5 Å². The minimum absolute atomic E-state index is 0.00603. The molecular formula is C40H54FN7O6. The lowest BCUT2D eigenvalue weighted by Gasteiger charge is -2.38. The van der Waals surface area contributed by atoms with Gasteiger partial charge in [-0.1, -0.05) is 0 Å². The second-order valence-corrected chi connectivity index (χ2v) is 15.4. The Morgan fingerprint density at radius 3 is 2.59 bits per heavy atom. The molecule has 13 nitrogen and oxygen atoms in total. The zero-order valence-corrected chi connectivity index (χ0v) is 32.4. The van der Waals surface area contributed by atoms with Crippen molar-refractivity contribution in [2.24, 2.45) is 0 Å². The molecule has 0 aliphatic carbocycles. The predicted octanol–water partition coefficient (Wildman–Crippen LogP) is 6.11. The fourth-order valence-electron chi connectivity index (χ4n) is 7.31. The van der Waals surface area contributed by atoms with Crippen molar-refractivity contribution in [3.8, 4) is 17.2 Å². The molecule has 2 aromatic heterocycles. The molecule has 3 aliphatic rings. The molecule has 2 saturated heterocycles. The minimum Gasteiger partial charge on any atom is -0.490 e. The lowest BCUT2D eigenvalue weighted by Crippen LogP contribution is -2.51. The number of piperidine rings is 1. The van der Waals surface area contributed by atoms with Gasteiger partial charge in [0.1, 0.15) is 35.3 Å². The first-order valence-corrected chi connectivity index (χ1v) is 19.2. The Kier molecular flexibility index (Phi) is 12.5. The fourth-order valence-corrected chi connectivity index (χ4v) is 7.31. The maximum absolute atomic E-state index is 14.4. The highest BCUT2D eigenvalue weighted by Crippen LogP contribution is 2.35. The van der Waals surface area contributed by atoms with E-state index in [0.717, 1.165) is 62.3 Å². The van der Waals surface area contributed by atoms with Crippen molar-refractivity contribution in [1.29, 1.82) is 0 Å². The predicted molar refractivity (Wildman–Crippen MR) is 202 cm³/mol. The number of nitrogens with zero attached hydrogens (tertiary/aromatic N) is 7. The molecule has 0 N–H and O–H groups in total. The van der Waals surface area contributed by atoms with Crippen molar-refractivity contribution in [3.63, 3.8) is 0 Å². The molecule has 2 amide bonds. The van der Waals surface area contributed by atoms with Crippen molar-refractivity contribution in [3.05, 3.63) is 65.6 Å². The molecule has 14 heteroatoms. The molecule has 2 fully saturated rings. The summed E-state index contributed by atoms with van der Waals surface area (Å²) in [4.78, 5) is 47.8. The van der Waals surface area contributed by atoms with Crippen LogP contribution in [0.3, 0.4) is 0 Å². The van der Waals surface area contributed by atoms with E-state index in [1.54, 1.807) is 11.1 Å². The summed E-state index contributed by atoms with van der Waals surface area (Å²) in [5.41, 5.74) is 1.78. The Morgan fingerprint density at radius 1 is 1.06 bits per heavy atom. The Hall–Kier alpha value is -4.56. The van der Waals surface area contributed by atoms with Crippen LogP contribution in [0.15, 0.2) is 43.0 Å². The maximum Gasteiger partial charge on any atom is 0.410 e. The summed E-state index contributed by atoms with van der Waals surface area (Å²) in [7, 11) is 0. The van der Waals surface area contributed by atoms with Crippen LogP contribution >= 0.6 is 0 Å². The van der Waals surface area contributed by atoms with Crippen molar-refractivity contribution in [2.45, 2.75) is 97.6 Å². The van der Waals surface area contributed by atoms with Gasteiger partial charge in [-0.05, 0) is 72.2 Å². The third-order valence-electron chi connectivity index (χ3n) is 10.1. The highest BCUT2D eigenvalue weighted by Gasteiger charge is 2.33. The zero-order valence-electron chi connectivity index (χ0n) is 32.4. The second kappa shape index (κ2) is 17.3. The van der Waals surface area contributed by atoms with Crippen LogP contribution in [0.25, 0.3) is 0 Å². The van der Waals surface area contributed by atoms with Crippen LogP contribution in [0, 0.1) is 5.82 Å². The number of rotatable bonds is 11. The number of morpholine rings is 1. The van der Waals surface area contributed by atoms with Crippen LogP contribution in [0.2, 0.25) is 0 Å². The molecule has 1 aromatic carbocycles. The van der Waals surface area contributed by atoms with Crippen LogP contribution in [0.5, 0.6) is 17.2 Å². The summed E-state index contributed by atoms with van der Waals surface area (Å²) >= 11 is 0. The second-order valence-electron chi connectivity index (χ2n) is 15.4. The van der Waals surface area contributed by atoms with E-state index in [9.17, 15) is 14.0 Å². The molecular weight excluding hydrogens is 693 g/mol. The molecule has 6 rings (SSSR count). The maximum atomic E-state index is 14.4. The Balaban J connectivity index is 1.07. The number of halogens is 1. The number of pyridine rings is 1. The molecule has 5 heterocycles. The van der Waals surface area contributed by atoms with Gasteiger partial charge in [0.15, 0.2) is 11.6 Å². The van der Waals surface area contributed by atoms with Gasteiger partial charge in [0, 0.05) is 88.6 Å². The van der Waals surface area contributed by atoms with Gasteiger partial charge in [-0.3, -0.25) is 14.7 Å². The quantitative estimate of drug-likeness (QED) is 0.226. The number of ether oxygens (including phenoxy) is 4. The standard InChI is InChI=1S/C40H54FN7O6/c1-7-47(27(2)3)38(49)31-22-28(41)8-9-34(31)53-36-23-42-26-44-37(36)46-18-12-30(13-19-46)52-35-10-15-43-33-14-17-45(24-32(33)35)16-11-29-25-51-21-20-48(29)39(50)54-40(4,5)6/h8-10,15,22-23,26-27,29-30H,7,11-14,16-21,24-25H2,1-6H3/t29-/m0/s1. The Bertz CT molecular complexity index is 1760. The summed E-state index contributed by atoms with van der Waals surface area (Å²) in [6.07, 6.45) is 7.72. The lowest BCUT2D eigenvalue weighted by molar-refractivity contribution is -0.0358. The number of amides is 2. The van der Waals surface area contributed by atoms with Crippen LogP contribution < -0.4 is 14.4 Å². The van der Waals surface area contributed by atoms with E-state index in [2.05, 4.69) is 19.8 Å². The Morgan fingerprint density at radius 2 is 1.85 bits per heavy atom. The van der Waals surface area contributed by atoms with Gasteiger partial charge in [-0.15, -0.1) is 0 Å². The highest BCUT2D eigenvalue weighted by atomic mass is 19.1. The summed E-state index contributed by atoms with van der Waals surface area (Å²) < 4.78 is 38.8. The van der Waals surface area contributed by atoms with Gasteiger partial charge in [0.25, 0.3) is 5.91 Å². The van der Waals surface area contributed by atoms with Crippen LogP contribution in [0.4, 0.5) is 15.0 Å². The number of carbonyl (C=O) groups excluding carboxylic acids is 2. The molecule has 0 spiro atoms. The monoisotopic (exact) mass is 747 g/mol. The topological polar surface area (TPSA) is 123 Å². The summed E-state index contributed by atoms with van der Waals surface area (Å²) in [6, 6.07) is 5.85. The third-order valence-corrected chi connectivity index (χ3v) is 10.1. The number of benzene rings is 1. The number of hydrogen-bond donors (Lipinski definition) is 0. The van der Waals surface area contributed by atoms with Gasteiger partial charge in [-0.25, -0.2) is 19.2 Å². The van der Waals surface area contributed by atoms with Gasteiger partial charge in [0.2, 0.25) is 0 Å². The number of anilines is 1. The van der Waals surface area contributed by atoms with Gasteiger partial charge >= 0.3 is 6.09 Å². The summed E-state index contributed by atoms with van der Waals surface area (Å²) in [6.45, 7) is 17.2. The fraction of sp³-hybridized carbons (Fsp3) is 0.575. The van der Waals surface area contributed by atoms with Crippen LogP contribution in [-0.4, -0.2) is 118 Å². The van der Waals surface area contributed by atoms with E-state index in [1.807, 2.05) is 58.7 Å². The minimum atomic E-state index is -0.549. The third kappa shape index (κ3) is 9.56. The van der Waals surface area contributed by atoms with Crippen molar-refractivity contribution < 1.29 is 32.9 Å².